The SMILES string of the molecule is CS(=O)(=O)CC(=O)C1CCN(Cc2ccc(N)nc2)CC1. The third-order valence-electron chi connectivity index (χ3n) is 3.70. The number of piperidine rings is 1. The van der Waals surface area contributed by atoms with Crippen LogP contribution in [0.2, 0.25) is 0 Å². The highest BCUT2D eigenvalue weighted by Crippen LogP contribution is 2.20. The number of pyridine rings is 1. The molecule has 21 heavy (non-hydrogen) atoms. The molecule has 2 N–H and O–H groups in total. The number of nitrogens with two attached hydrogens (primary N) is 1. The number of sulfone groups is 1. The van der Waals surface area contributed by atoms with Gasteiger partial charge in [0.25, 0.3) is 0 Å². The summed E-state index contributed by atoms with van der Waals surface area (Å²) >= 11 is 0. The smallest absolute Gasteiger partial charge is 0.154 e. The van der Waals surface area contributed by atoms with E-state index in [0.29, 0.717) is 5.82 Å². The summed E-state index contributed by atoms with van der Waals surface area (Å²) < 4.78 is 22.3. The molecule has 7 heteroatoms. The van der Waals surface area contributed by atoms with Crippen LogP contribution < -0.4 is 5.73 Å². The van der Waals surface area contributed by atoms with Gasteiger partial charge in [-0.25, -0.2) is 13.4 Å². The number of ketones is 1. The molecule has 0 radical (unpaired) electrons. The number of anilines is 1. The maximum absolute atomic E-state index is 11.9. The van der Waals surface area contributed by atoms with E-state index in [4.69, 9.17) is 5.73 Å². The molecule has 0 aromatic carbocycles. The number of carbonyl (C=O) groups is 1. The summed E-state index contributed by atoms with van der Waals surface area (Å²) in [5.74, 6) is -0.102. The van der Waals surface area contributed by atoms with Crippen molar-refractivity contribution in [3.8, 4) is 0 Å². The third kappa shape index (κ3) is 5.09. The van der Waals surface area contributed by atoms with Gasteiger partial charge in [0.15, 0.2) is 15.6 Å². The van der Waals surface area contributed by atoms with E-state index in [2.05, 4.69) is 9.88 Å². The van der Waals surface area contributed by atoms with Crippen molar-refractivity contribution in [1.29, 1.82) is 0 Å². The molecule has 2 heterocycles. The van der Waals surface area contributed by atoms with Crippen molar-refractivity contribution in [2.75, 3.05) is 30.8 Å². The number of nitrogen functional groups attached to an aromatic ring is 1. The van der Waals surface area contributed by atoms with Crippen LogP contribution in [0.25, 0.3) is 0 Å². The second kappa shape index (κ2) is 6.53. The zero-order valence-electron chi connectivity index (χ0n) is 12.2. The van der Waals surface area contributed by atoms with Gasteiger partial charge in [0, 0.05) is 24.9 Å². The van der Waals surface area contributed by atoms with E-state index in [1.54, 1.807) is 12.3 Å². The number of hydrogen-bond acceptors (Lipinski definition) is 6. The van der Waals surface area contributed by atoms with Gasteiger partial charge >= 0.3 is 0 Å². The van der Waals surface area contributed by atoms with Gasteiger partial charge in [0.05, 0.1) is 0 Å². The Labute approximate surface area is 125 Å². The average Bonchev–Trinajstić information content (AvgIpc) is 2.40. The molecule has 0 spiro atoms. The molecule has 0 amide bonds. The molecule has 0 bridgehead atoms. The molecule has 1 saturated heterocycles. The number of aromatic nitrogens is 1. The van der Waals surface area contributed by atoms with E-state index in [1.807, 2.05) is 6.07 Å². The van der Waals surface area contributed by atoms with E-state index in [9.17, 15) is 13.2 Å². The van der Waals surface area contributed by atoms with Crippen molar-refractivity contribution in [2.45, 2.75) is 19.4 Å². The lowest BCUT2D eigenvalue weighted by atomic mass is 9.93. The van der Waals surface area contributed by atoms with Gasteiger partial charge in [-0.2, -0.15) is 0 Å². The quantitative estimate of drug-likeness (QED) is 0.850. The summed E-state index contributed by atoms with van der Waals surface area (Å²) in [6.45, 7) is 2.37. The molecular weight excluding hydrogens is 290 g/mol. The van der Waals surface area contributed by atoms with Crippen LogP contribution >= 0.6 is 0 Å². The summed E-state index contributed by atoms with van der Waals surface area (Å²) in [7, 11) is -3.22. The number of hydrogen-bond donors (Lipinski definition) is 1. The summed E-state index contributed by atoms with van der Waals surface area (Å²) in [4.78, 5) is 18.2. The van der Waals surface area contributed by atoms with Gasteiger partial charge in [-0.15, -0.1) is 0 Å². The fourth-order valence-electron chi connectivity index (χ4n) is 2.58. The van der Waals surface area contributed by atoms with E-state index in [-0.39, 0.29) is 17.5 Å². The van der Waals surface area contributed by atoms with Gasteiger partial charge in [-0.3, -0.25) is 9.69 Å². The Balaban J connectivity index is 1.83. The highest BCUT2D eigenvalue weighted by atomic mass is 32.2. The maximum Gasteiger partial charge on any atom is 0.154 e. The van der Waals surface area contributed by atoms with Gasteiger partial charge in [0.2, 0.25) is 0 Å². The predicted molar refractivity (Wildman–Crippen MR) is 81.4 cm³/mol. The van der Waals surface area contributed by atoms with Gasteiger partial charge in [0.1, 0.15) is 11.6 Å². The standard InChI is InChI=1S/C14H21N3O3S/c1-21(19,20)10-13(18)12-4-6-17(7-5-12)9-11-2-3-14(15)16-8-11/h2-3,8,12H,4-7,9-10H2,1H3,(H2,15,16). The zero-order valence-corrected chi connectivity index (χ0v) is 13.0. The van der Waals surface area contributed by atoms with Crippen molar-refractivity contribution in [2.24, 2.45) is 5.92 Å². The van der Waals surface area contributed by atoms with Crippen molar-refractivity contribution in [3.05, 3.63) is 23.9 Å². The predicted octanol–water partition coefficient (Wildman–Crippen LogP) is 0.490. The molecule has 0 saturated carbocycles. The molecule has 6 nitrogen and oxygen atoms in total. The third-order valence-corrected chi connectivity index (χ3v) is 4.51. The normalized spacial score (nSPS) is 17.8. The number of nitrogens with zero attached hydrogens (tertiary/aromatic N) is 2. The van der Waals surface area contributed by atoms with Gasteiger partial charge in [-0.1, -0.05) is 6.07 Å². The first kappa shape index (κ1) is 15.9. The molecule has 0 aliphatic carbocycles. The molecule has 2 rings (SSSR count). The second-order valence-corrected chi connectivity index (χ2v) is 7.82. The van der Waals surface area contributed by atoms with Crippen molar-refractivity contribution >= 4 is 21.4 Å². The monoisotopic (exact) mass is 311 g/mol. The van der Waals surface area contributed by atoms with Crippen LogP contribution in [-0.2, 0) is 21.2 Å². The maximum atomic E-state index is 11.9. The minimum Gasteiger partial charge on any atom is -0.384 e. The molecule has 1 aliphatic rings. The summed E-state index contributed by atoms with van der Waals surface area (Å²) in [5, 5.41) is 0. The molecular formula is C14H21N3O3S. The van der Waals surface area contributed by atoms with E-state index >= 15 is 0 Å². The first-order valence-electron chi connectivity index (χ1n) is 6.97. The van der Waals surface area contributed by atoms with E-state index in [0.717, 1.165) is 44.3 Å². The summed E-state index contributed by atoms with van der Waals surface area (Å²) in [6.07, 6.45) is 4.30. The molecule has 1 aliphatic heterocycles. The number of Topliss-reactive ketones (excluding diaryl/α,β-unsaturated/α-hetero) is 1. The van der Waals surface area contributed by atoms with Crippen molar-refractivity contribution in [1.82, 2.24) is 9.88 Å². The molecule has 1 aromatic heterocycles. The minimum absolute atomic E-state index is 0.125. The van der Waals surface area contributed by atoms with Crippen LogP contribution in [0.15, 0.2) is 18.3 Å². The summed E-state index contributed by atoms with van der Waals surface area (Å²) in [5.41, 5.74) is 6.64. The van der Waals surface area contributed by atoms with Crippen LogP contribution in [0.4, 0.5) is 5.82 Å². The topological polar surface area (TPSA) is 93.4 Å². The summed E-state index contributed by atoms with van der Waals surface area (Å²) in [6, 6.07) is 3.72. The van der Waals surface area contributed by atoms with Crippen LogP contribution in [-0.4, -0.2) is 49.2 Å². The van der Waals surface area contributed by atoms with E-state index < -0.39 is 9.84 Å². The first-order valence-corrected chi connectivity index (χ1v) is 9.03. The zero-order chi connectivity index (χ0) is 15.5. The lowest BCUT2D eigenvalue weighted by Crippen LogP contribution is -2.37. The number of rotatable bonds is 5. The lowest BCUT2D eigenvalue weighted by molar-refractivity contribution is -0.121. The second-order valence-electron chi connectivity index (χ2n) is 5.68. The van der Waals surface area contributed by atoms with Crippen LogP contribution in [0.1, 0.15) is 18.4 Å². The van der Waals surface area contributed by atoms with Crippen LogP contribution in [0, 0.1) is 5.92 Å². The number of likely N-dealkylation sites (tertiary alicyclic amines) is 1. The molecule has 0 atom stereocenters. The van der Waals surface area contributed by atoms with Gasteiger partial charge < -0.3 is 5.73 Å². The Morgan fingerprint density at radius 1 is 1.38 bits per heavy atom. The fourth-order valence-corrected chi connectivity index (χ4v) is 3.33. The van der Waals surface area contributed by atoms with E-state index in [1.165, 1.54) is 0 Å². The van der Waals surface area contributed by atoms with Gasteiger partial charge in [-0.05, 0) is 37.6 Å². The van der Waals surface area contributed by atoms with Crippen molar-refractivity contribution < 1.29 is 13.2 Å². The Hall–Kier alpha value is -1.47. The highest BCUT2D eigenvalue weighted by Gasteiger charge is 2.26. The molecule has 0 unspecified atom stereocenters. The Bertz CT molecular complexity index is 590. The van der Waals surface area contributed by atoms with Crippen molar-refractivity contribution in [3.63, 3.8) is 0 Å². The lowest BCUT2D eigenvalue weighted by Gasteiger charge is -2.31. The number of carbonyl (C=O) groups excluding carboxylic acids is 1. The molecule has 116 valence electrons. The Morgan fingerprint density at radius 3 is 2.57 bits per heavy atom. The Kier molecular flexibility index (Phi) is 4.95. The molecule has 1 fully saturated rings. The Morgan fingerprint density at radius 2 is 2.05 bits per heavy atom. The minimum atomic E-state index is -3.22. The highest BCUT2D eigenvalue weighted by molar-refractivity contribution is 7.91. The largest absolute Gasteiger partial charge is 0.384 e. The molecule has 1 aromatic rings. The fraction of sp³-hybridized carbons (Fsp3) is 0.571. The van der Waals surface area contributed by atoms with Crippen LogP contribution in [0.3, 0.4) is 0 Å². The first-order chi connectivity index (χ1) is 9.83. The average molecular weight is 311 g/mol. The van der Waals surface area contributed by atoms with Crippen LogP contribution in [0.5, 0.6) is 0 Å².